The minimum Gasteiger partial charge on any atom is -0.497 e. The van der Waals surface area contributed by atoms with E-state index >= 15 is 0 Å². The standard InChI is InChI=1S/C26H36N2O3/c1-6-17-16-28-12-10-18(17)13-23(28)25(31-24(29)15-26(2,3)4)20-9-11-27-22-8-7-19(30-5)14-21(20)22/h7-9,11,14,17-18,23,25H,6,10,12-13,15-16H2,1-5H3. The molecule has 3 saturated heterocycles. The number of benzene rings is 1. The van der Waals surface area contributed by atoms with Crippen molar-refractivity contribution >= 4 is 16.9 Å². The van der Waals surface area contributed by atoms with E-state index in [-0.39, 0.29) is 23.5 Å². The van der Waals surface area contributed by atoms with Crippen LogP contribution in [0.25, 0.3) is 10.9 Å². The molecule has 4 heterocycles. The van der Waals surface area contributed by atoms with Crippen molar-refractivity contribution in [3.63, 3.8) is 0 Å². The highest BCUT2D eigenvalue weighted by molar-refractivity contribution is 5.84. The fourth-order valence-corrected chi connectivity index (χ4v) is 5.44. The molecular formula is C26H36N2O3. The predicted octanol–water partition coefficient (Wildman–Crippen LogP) is 5.38. The summed E-state index contributed by atoms with van der Waals surface area (Å²) in [4.78, 5) is 20.1. The highest BCUT2D eigenvalue weighted by Gasteiger charge is 2.44. The second-order valence-corrected chi connectivity index (χ2v) is 10.4. The third-order valence-electron chi connectivity index (χ3n) is 7.03. The van der Waals surface area contributed by atoms with Gasteiger partial charge in [-0.1, -0.05) is 34.1 Å². The van der Waals surface area contributed by atoms with Gasteiger partial charge in [0.15, 0.2) is 0 Å². The van der Waals surface area contributed by atoms with Gasteiger partial charge in [-0.15, -0.1) is 0 Å². The van der Waals surface area contributed by atoms with Gasteiger partial charge in [-0.3, -0.25) is 14.7 Å². The third kappa shape index (κ3) is 4.72. The molecule has 5 unspecified atom stereocenters. The van der Waals surface area contributed by atoms with E-state index in [1.165, 1.54) is 12.8 Å². The van der Waals surface area contributed by atoms with Gasteiger partial charge in [0, 0.05) is 23.7 Å². The van der Waals surface area contributed by atoms with E-state index in [1.54, 1.807) is 7.11 Å². The molecule has 0 saturated carbocycles. The summed E-state index contributed by atoms with van der Waals surface area (Å²) in [6.07, 6.45) is 5.50. The van der Waals surface area contributed by atoms with Crippen LogP contribution < -0.4 is 4.74 Å². The van der Waals surface area contributed by atoms with Crippen molar-refractivity contribution in [2.45, 2.75) is 65.5 Å². The van der Waals surface area contributed by atoms with Crippen molar-refractivity contribution in [3.8, 4) is 5.75 Å². The molecule has 1 aromatic carbocycles. The van der Waals surface area contributed by atoms with Crippen LogP contribution in [-0.4, -0.2) is 42.1 Å². The van der Waals surface area contributed by atoms with E-state index < -0.39 is 0 Å². The zero-order valence-corrected chi connectivity index (χ0v) is 19.6. The summed E-state index contributed by atoms with van der Waals surface area (Å²) in [6, 6.07) is 8.16. The molecule has 168 valence electrons. The Balaban J connectivity index is 1.73. The van der Waals surface area contributed by atoms with Crippen LogP contribution in [0.1, 0.15) is 65.0 Å². The summed E-state index contributed by atoms with van der Waals surface area (Å²) < 4.78 is 11.8. The number of carbonyl (C=O) groups excluding carboxylic acids is 1. The summed E-state index contributed by atoms with van der Waals surface area (Å²) in [5.74, 6) is 2.13. The molecular weight excluding hydrogens is 388 g/mol. The molecule has 0 N–H and O–H groups in total. The number of nitrogens with zero attached hydrogens (tertiary/aromatic N) is 2. The Morgan fingerprint density at radius 2 is 2.10 bits per heavy atom. The summed E-state index contributed by atoms with van der Waals surface area (Å²) in [7, 11) is 1.68. The smallest absolute Gasteiger partial charge is 0.306 e. The van der Waals surface area contributed by atoms with Crippen LogP contribution >= 0.6 is 0 Å². The zero-order chi connectivity index (χ0) is 22.2. The molecule has 5 rings (SSSR count). The molecule has 0 spiro atoms. The summed E-state index contributed by atoms with van der Waals surface area (Å²) in [6.45, 7) is 10.7. The topological polar surface area (TPSA) is 51.7 Å². The number of pyridine rings is 1. The van der Waals surface area contributed by atoms with Gasteiger partial charge in [0.25, 0.3) is 0 Å². The molecule has 0 aliphatic carbocycles. The Morgan fingerprint density at radius 1 is 1.29 bits per heavy atom. The Bertz CT molecular complexity index is 936. The van der Waals surface area contributed by atoms with Crippen molar-refractivity contribution in [1.29, 1.82) is 0 Å². The van der Waals surface area contributed by atoms with Crippen molar-refractivity contribution in [2.24, 2.45) is 17.3 Å². The van der Waals surface area contributed by atoms with Crippen LogP contribution in [0.2, 0.25) is 0 Å². The Kier molecular flexibility index (Phi) is 6.25. The molecule has 5 nitrogen and oxygen atoms in total. The molecule has 31 heavy (non-hydrogen) atoms. The number of ether oxygens (including phenoxy) is 2. The number of carbonyl (C=O) groups is 1. The highest BCUT2D eigenvalue weighted by atomic mass is 16.5. The van der Waals surface area contributed by atoms with Gasteiger partial charge >= 0.3 is 5.97 Å². The zero-order valence-electron chi connectivity index (χ0n) is 19.6. The van der Waals surface area contributed by atoms with Gasteiger partial charge in [0.05, 0.1) is 25.1 Å². The summed E-state index contributed by atoms with van der Waals surface area (Å²) in [5, 5.41) is 1.00. The van der Waals surface area contributed by atoms with Crippen LogP contribution in [-0.2, 0) is 9.53 Å². The SMILES string of the molecule is CCC1CN2CCC1CC2C(OC(=O)CC(C)(C)C)c1ccnc2ccc(OC)cc12. The number of methoxy groups -OCH3 is 1. The van der Waals surface area contributed by atoms with E-state index in [9.17, 15) is 4.79 Å². The molecule has 2 bridgehead atoms. The van der Waals surface area contributed by atoms with Gasteiger partial charge in [0.1, 0.15) is 11.9 Å². The molecule has 5 heteroatoms. The average molecular weight is 425 g/mol. The Hall–Kier alpha value is -2.14. The fraction of sp³-hybridized carbons (Fsp3) is 0.615. The largest absolute Gasteiger partial charge is 0.497 e. The molecule has 3 aliphatic rings. The maximum atomic E-state index is 13.0. The van der Waals surface area contributed by atoms with Crippen molar-refractivity contribution < 1.29 is 14.3 Å². The monoisotopic (exact) mass is 424 g/mol. The summed E-state index contributed by atoms with van der Waals surface area (Å²) >= 11 is 0. The van der Waals surface area contributed by atoms with Crippen LogP contribution in [0, 0.1) is 17.3 Å². The van der Waals surface area contributed by atoms with E-state index in [0.29, 0.717) is 12.3 Å². The normalized spacial score (nSPS) is 26.6. The lowest BCUT2D eigenvalue weighted by Crippen LogP contribution is -2.55. The second kappa shape index (κ2) is 8.78. The molecule has 3 fully saturated rings. The van der Waals surface area contributed by atoms with Crippen LogP contribution in [0.4, 0.5) is 0 Å². The predicted molar refractivity (Wildman–Crippen MR) is 123 cm³/mol. The Morgan fingerprint density at radius 3 is 2.74 bits per heavy atom. The number of esters is 1. The molecule has 0 radical (unpaired) electrons. The van der Waals surface area contributed by atoms with Crippen molar-refractivity contribution in [1.82, 2.24) is 9.88 Å². The maximum Gasteiger partial charge on any atom is 0.306 e. The van der Waals surface area contributed by atoms with Crippen LogP contribution in [0.3, 0.4) is 0 Å². The van der Waals surface area contributed by atoms with Gasteiger partial charge in [-0.25, -0.2) is 0 Å². The van der Waals surface area contributed by atoms with Gasteiger partial charge in [0.2, 0.25) is 0 Å². The molecule has 3 aliphatic heterocycles. The number of hydrogen-bond donors (Lipinski definition) is 0. The average Bonchev–Trinajstić information content (AvgIpc) is 2.75. The lowest BCUT2D eigenvalue weighted by atomic mass is 9.72. The summed E-state index contributed by atoms with van der Waals surface area (Å²) in [5.41, 5.74) is 1.83. The van der Waals surface area contributed by atoms with Gasteiger partial charge in [-0.2, -0.15) is 0 Å². The lowest BCUT2D eigenvalue weighted by Gasteiger charge is -2.51. The van der Waals surface area contributed by atoms with Crippen LogP contribution in [0.5, 0.6) is 5.75 Å². The minimum absolute atomic E-state index is 0.107. The molecule has 1 aromatic heterocycles. The molecule has 5 atom stereocenters. The minimum atomic E-state index is -0.298. The first kappa shape index (κ1) is 22.1. The second-order valence-electron chi connectivity index (χ2n) is 10.4. The van der Waals surface area contributed by atoms with E-state index in [1.807, 2.05) is 30.5 Å². The van der Waals surface area contributed by atoms with Crippen molar-refractivity contribution in [2.75, 3.05) is 20.2 Å². The van der Waals surface area contributed by atoms with Crippen molar-refractivity contribution in [3.05, 3.63) is 36.0 Å². The number of rotatable bonds is 6. The number of piperidine rings is 3. The first-order chi connectivity index (χ1) is 14.8. The molecule has 0 amide bonds. The van der Waals surface area contributed by atoms with Crippen LogP contribution in [0.15, 0.2) is 30.5 Å². The highest BCUT2D eigenvalue weighted by Crippen LogP contribution is 2.44. The first-order valence-corrected chi connectivity index (χ1v) is 11.6. The van der Waals surface area contributed by atoms with Gasteiger partial charge < -0.3 is 9.47 Å². The fourth-order valence-electron chi connectivity index (χ4n) is 5.44. The van der Waals surface area contributed by atoms with Gasteiger partial charge in [-0.05, 0) is 60.9 Å². The number of fused-ring (bicyclic) bond motifs is 4. The first-order valence-electron chi connectivity index (χ1n) is 11.6. The lowest BCUT2D eigenvalue weighted by molar-refractivity contribution is -0.160. The van der Waals surface area contributed by atoms with E-state index in [4.69, 9.17) is 9.47 Å². The number of aromatic nitrogens is 1. The quantitative estimate of drug-likeness (QED) is 0.583. The number of hydrogen-bond acceptors (Lipinski definition) is 5. The van der Waals surface area contributed by atoms with E-state index in [2.05, 4.69) is 37.6 Å². The Labute approximate surface area is 186 Å². The third-order valence-corrected chi connectivity index (χ3v) is 7.03. The molecule has 2 aromatic rings. The maximum absolute atomic E-state index is 13.0. The van der Waals surface area contributed by atoms with E-state index in [0.717, 1.165) is 47.6 Å².